The van der Waals surface area contributed by atoms with E-state index in [4.69, 9.17) is 35.9 Å². The summed E-state index contributed by atoms with van der Waals surface area (Å²) in [5, 5.41) is 11.8. The summed E-state index contributed by atoms with van der Waals surface area (Å²) >= 11 is 5.96. The van der Waals surface area contributed by atoms with E-state index in [1.807, 2.05) is 22.8 Å². The molecule has 1 aromatic heterocycles. The summed E-state index contributed by atoms with van der Waals surface area (Å²) < 4.78 is 34.8. The number of benzene rings is 2. The third-order valence-electron chi connectivity index (χ3n) is 8.44. The van der Waals surface area contributed by atoms with Crippen molar-refractivity contribution in [1.82, 2.24) is 19.8 Å². The van der Waals surface area contributed by atoms with Crippen molar-refractivity contribution in [2.24, 2.45) is 0 Å². The number of aryl methyl sites for hydroxylation is 1. The van der Waals surface area contributed by atoms with Gasteiger partial charge in [-0.15, -0.1) is 0 Å². The smallest absolute Gasteiger partial charge is 0.322 e. The Morgan fingerprint density at radius 2 is 1.95 bits per heavy atom. The van der Waals surface area contributed by atoms with E-state index < -0.39 is 30.0 Å². The predicted molar refractivity (Wildman–Crippen MR) is 155 cm³/mol. The lowest BCUT2D eigenvalue weighted by atomic mass is 9.88. The van der Waals surface area contributed by atoms with Gasteiger partial charge in [-0.25, -0.2) is 9.37 Å². The monoisotopic (exact) mass is 612 g/mol. The number of rotatable bonds is 9. The maximum absolute atomic E-state index is 14.8. The first-order chi connectivity index (χ1) is 20.6. The zero-order valence-corrected chi connectivity index (χ0v) is 24.8. The van der Waals surface area contributed by atoms with Crippen molar-refractivity contribution in [1.29, 1.82) is 0 Å². The Labute approximate surface area is 253 Å². The van der Waals surface area contributed by atoms with Crippen LogP contribution in [-0.2, 0) is 28.4 Å². The summed E-state index contributed by atoms with van der Waals surface area (Å²) in [5.41, 5.74) is 2.25. The number of imidazole rings is 1. The molecule has 2 fully saturated rings. The molecule has 2 saturated heterocycles. The van der Waals surface area contributed by atoms with Gasteiger partial charge in [0.2, 0.25) is 0 Å². The molecule has 10 nitrogen and oxygen atoms in total. The van der Waals surface area contributed by atoms with Crippen LogP contribution in [-0.4, -0.2) is 63.8 Å². The fourth-order valence-corrected chi connectivity index (χ4v) is 6.31. The minimum absolute atomic E-state index is 0.00135. The number of aliphatic carboxylic acids is 1. The molecule has 3 aliphatic heterocycles. The Balaban J connectivity index is 1.15. The standard InChI is InChI=1S/C31H34ClFN4O6/c1-18-28(30(40)34-15-27(38)39)37(16-21-10-13-41-21)26(35-18)17-36-11-8-19(9-12-36)22-4-3-5-25-29(22)43-31(2,42-25)23-7-6-20(32)14-24(23)33/h3-7,14,19,21H,8-13,15-17H2,1-2H3,(H,34,40)(H,38,39). The number of hydrogen-bond donors (Lipinski definition) is 2. The molecular weight excluding hydrogens is 579 g/mol. The first-order valence-electron chi connectivity index (χ1n) is 14.5. The zero-order valence-electron chi connectivity index (χ0n) is 24.1. The number of carboxylic acids is 1. The molecule has 6 rings (SSSR count). The van der Waals surface area contributed by atoms with Gasteiger partial charge in [0.1, 0.15) is 23.9 Å². The molecule has 12 heteroatoms. The lowest BCUT2D eigenvalue weighted by molar-refractivity contribution is -0.135. The number of aromatic nitrogens is 2. The van der Waals surface area contributed by atoms with Crippen LogP contribution in [0.3, 0.4) is 0 Å². The highest BCUT2D eigenvalue weighted by atomic mass is 35.5. The van der Waals surface area contributed by atoms with Crippen molar-refractivity contribution < 1.29 is 33.3 Å². The Morgan fingerprint density at radius 1 is 1.19 bits per heavy atom. The number of carbonyl (C=O) groups is 2. The SMILES string of the molecule is Cc1nc(CN2CCC(c3cccc4c3OC(C)(c3ccc(Cl)cc3F)O4)CC2)n(CC2CCO2)c1C(=O)NCC(=O)O. The van der Waals surface area contributed by atoms with E-state index in [1.165, 1.54) is 6.07 Å². The van der Waals surface area contributed by atoms with Crippen LogP contribution >= 0.6 is 11.6 Å². The number of halogens is 2. The molecule has 0 bridgehead atoms. The van der Waals surface area contributed by atoms with E-state index in [2.05, 4.69) is 10.2 Å². The summed E-state index contributed by atoms with van der Waals surface area (Å²) in [6.07, 6.45) is 2.63. The van der Waals surface area contributed by atoms with E-state index in [1.54, 1.807) is 26.0 Å². The molecular formula is C31H34ClFN4O6. The summed E-state index contributed by atoms with van der Waals surface area (Å²) in [7, 11) is 0. The topological polar surface area (TPSA) is 115 Å². The van der Waals surface area contributed by atoms with E-state index >= 15 is 0 Å². The summed E-state index contributed by atoms with van der Waals surface area (Å²) in [5.74, 6) is -1.16. The molecule has 2 atom stereocenters. The zero-order chi connectivity index (χ0) is 30.3. The Bertz CT molecular complexity index is 1550. The second kappa shape index (κ2) is 11.8. The molecule has 4 heterocycles. The van der Waals surface area contributed by atoms with E-state index in [0.717, 1.165) is 43.7 Å². The highest BCUT2D eigenvalue weighted by Gasteiger charge is 2.43. The number of carbonyl (C=O) groups excluding carboxylic acids is 1. The number of carboxylic acid groups (broad SMARTS) is 1. The molecule has 0 aliphatic carbocycles. The van der Waals surface area contributed by atoms with Crippen molar-refractivity contribution in [3.8, 4) is 11.5 Å². The first kappa shape index (κ1) is 29.4. The first-order valence-corrected chi connectivity index (χ1v) is 14.9. The molecule has 1 amide bonds. The maximum atomic E-state index is 14.8. The minimum Gasteiger partial charge on any atom is -0.480 e. The quantitative estimate of drug-likeness (QED) is 0.360. The van der Waals surface area contributed by atoms with Gasteiger partial charge in [0.25, 0.3) is 11.7 Å². The molecule has 3 aliphatic rings. The van der Waals surface area contributed by atoms with Crippen LogP contribution in [0.4, 0.5) is 4.39 Å². The molecule has 43 heavy (non-hydrogen) atoms. The van der Waals surface area contributed by atoms with Gasteiger partial charge in [-0.2, -0.15) is 0 Å². The lowest BCUT2D eigenvalue weighted by Crippen LogP contribution is -2.37. The fourth-order valence-electron chi connectivity index (χ4n) is 6.15. The van der Waals surface area contributed by atoms with E-state index in [0.29, 0.717) is 47.6 Å². The highest BCUT2D eigenvalue weighted by molar-refractivity contribution is 6.30. The Kier molecular flexibility index (Phi) is 8.06. The average Bonchev–Trinajstić information content (AvgIpc) is 3.45. The molecule has 2 N–H and O–H groups in total. The maximum Gasteiger partial charge on any atom is 0.322 e. The molecule has 0 saturated carbocycles. The van der Waals surface area contributed by atoms with Gasteiger partial charge in [0.05, 0.1) is 30.5 Å². The number of nitrogens with one attached hydrogen (secondary N) is 1. The van der Waals surface area contributed by atoms with Crippen LogP contribution in [0.1, 0.15) is 65.2 Å². The lowest BCUT2D eigenvalue weighted by Gasteiger charge is -2.33. The number of likely N-dealkylation sites (tertiary alicyclic amines) is 1. The fraction of sp³-hybridized carbons (Fsp3) is 0.452. The van der Waals surface area contributed by atoms with E-state index in [-0.39, 0.29) is 17.6 Å². The summed E-state index contributed by atoms with van der Waals surface area (Å²) in [6, 6.07) is 10.3. The molecule has 228 valence electrons. The number of ether oxygens (including phenoxy) is 3. The average molecular weight is 613 g/mol. The van der Waals surface area contributed by atoms with Crippen LogP contribution in [0.5, 0.6) is 11.5 Å². The number of nitrogens with zero attached hydrogens (tertiary/aromatic N) is 3. The van der Waals surface area contributed by atoms with Crippen molar-refractivity contribution in [2.45, 2.75) is 64.0 Å². The minimum atomic E-state index is -1.30. The molecule has 0 spiro atoms. The van der Waals surface area contributed by atoms with Crippen LogP contribution in [0.25, 0.3) is 0 Å². The van der Waals surface area contributed by atoms with Crippen LogP contribution < -0.4 is 14.8 Å². The van der Waals surface area contributed by atoms with Gasteiger partial charge in [0, 0.05) is 24.1 Å². The molecule has 0 radical (unpaired) electrons. The van der Waals surface area contributed by atoms with Gasteiger partial charge in [-0.05, 0) is 69.5 Å². The Morgan fingerprint density at radius 3 is 2.63 bits per heavy atom. The summed E-state index contributed by atoms with van der Waals surface area (Å²) in [4.78, 5) is 31.0. The van der Waals surface area contributed by atoms with Crippen molar-refractivity contribution in [2.75, 3.05) is 26.2 Å². The van der Waals surface area contributed by atoms with Crippen molar-refractivity contribution >= 4 is 23.5 Å². The molecule has 2 unspecified atom stereocenters. The second-order valence-corrected chi connectivity index (χ2v) is 11.9. The van der Waals surface area contributed by atoms with Crippen LogP contribution in [0.2, 0.25) is 5.02 Å². The number of hydrogen-bond acceptors (Lipinski definition) is 7. The van der Waals surface area contributed by atoms with Gasteiger partial charge in [0.15, 0.2) is 11.5 Å². The van der Waals surface area contributed by atoms with Crippen LogP contribution in [0.15, 0.2) is 36.4 Å². The predicted octanol–water partition coefficient (Wildman–Crippen LogP) is 4.61. The summed E-state index contributed by atoms with van der Waals surface area (Å²) in [6.45, 7) is 6.34. The second-order valence-electron chi connectivity index (χ2n) is 11.4. The van der Waals surface area contributed by atoms with Gasteiger partial charge >= 0.3 is 5.97 Å². The number of piperidine rings is 1. The molecule has 3 aromatic rings. The highest BCUT2D eigenvalue weighted by Crippen LogP contribution is 2.49. The Hall–Kier alpha value is -3.67. The van der Waals surface area contributed by atoms with E-state index in [9.17, 15) is 14.0 Å². The van der Waals surface area contributed by atoms with Crippen molar-refractivity contribution in [3.63, 3.8) is 0 Å². The third kappa shape index (κ3) is 5.93. The van der Waals surface area contributed by atoms with Gasteiger partial charge in [-0.3, -0.25) is 14.5 Å². The molecule has 2 aromatic carbocycles. The number of amides is 1. The number of para-hydroxylation sites is 1. The number of fused-ring (bicyclic) bond motifs is 1. The third-order valence-corrected chi connectivity index (χ3v) is 8.67. The van der Waals surface area contributed by atoms with Crippen LogP contribution in [0, 0.1) is 12.7 Å². The largest absolute Gasteiger partial charge is 0.480 e. The van der Waals surface area contributed by atoms with Gasteiger partial charge < -0.3 is 29.2 Å². The van der Waals surface area contributed by atoms with Crippen molar-refractivity contribution in [3.05, 3.63) is 75.6 Å². The van der Waals surface area contributed by atoms with Gasteiger partial charge in [-0.1, -0.05) is 23.7 Å². The normalized spacial score (nSPS) is 21.9.